The second-order valence-corrected chi connectivity index (χ2v) is 5.42. The van der Waals surface area contributed by atoms with Gasteiger partial charge < -0.3 is 10.6 Å². The molecule has 0 saturated heterocycles. The van der Waals surface area contributed by atoms with Crippen molar-refractivity contribution >= 4 is 17.4 Å². The smallest absolute Gasteiger partial charge is 0.225 e. The zero-order chi connectivity index (χ0) is 15.8. The maximum atomic E-state index is 11.9. The van der Waals surface area contributed by atoms with Gasteiger partial charge in [0.25, 0.3) is 0 Å². The summed E-state index contributed by atoms with van der Waals surface area (Å²) in [6.45, 7) is 4.26. The fourth-order valence-electron chi connectivity index (χ4n) is 2.05. The minimum atomic E-state index is -0.0148. The molecule has 22 heavy (non-hydrogen) atoms. The number of nitrogens with zero attached hydrogens (tertiary/aromatic N) is 1. The lowest BCUT2D eigenvalue weighted by atomic mass is 10.1. The van der Waals surface area contributed by atoms with Crippen molar-refractivity contribution in [3.8, 4) is 0 Å². The van der Waals surface area contributed by atoms with Gasteiger partial charge in [-0.15, -0.1) is 0 Å². The van der Waals surface area contributed by atoms with Crippen molar-refractivity contribution in [2.24, 2.45) is 0 Å². The van der Waals surface area contributed by atoms with Crippen LogP contribution in [0.5, 0.6) is 0 Å². The number of carbonyl (C=O) groups is 1. The molecular weight excluding hydrogens is 274 g/mol. The number of hydrogen-bond donors (Lipinski definition) is 2. The van der Waals surface area contributed by atoms with Crippen molar-refractivity contribution in [3.05, 3.63) is 54.2 Å². The fraction of sp³-hybridized carbons (Fsp3) is 0.333. The predicted molar refractivity (Wildman–Crippen MR) is 91.0 cm³/mol. The average molecular weight is 297 g/mol. The topological polar surface area (TPSA) is 54.0 Å². The molecule has 4 nitrogen and oxygen atoms in total. The summed E-state index contributed by atoms with van der Waals surface area (Å²) in [4.78, 5) is 16.2. The Morgan fingerprint density at radius 1 is 1.18 bits per heavy atom. The molecule has 1 unspecified atom stereocenters. The zero-order valence-corrected chi connectivity index (χ0v) is 13.2. The van der Waals surface area contributed by atoms with Crippen LogP contribution in [0.2, 0.25) is 0 Å². The zero-order valence-electron chi connectivity index (χ0n) is 13.2. The molecule has 4 heteroatoms. The van der Waals surface area contributed by atoms with Gasteiger partial charge in [-0.1, -0.05) is 37.3 Å². The summed E-state index contributed by atoms with van der Waals surface area (Å²) in [5.41, 5.74) is 2.13. The predicted octanol–water partition coefficient (Wildman–Crippen LogP) is 3.86. The number of aryl methyl sites for hydroxylation is 1. The SMILES string of the molecule is CCC(C)Nc1ccc(NC(=O)CCc2ccccc2)nc1. The van der Waals surface area contributed by atoms with Gasteiger partial charge >= 0.3 is 0 Å². The largest absolute Gasteiger partial charge is 0.381 e. The van der Waals surface area contributed by atoms with E-state index in [2.05, 4.69) is 29.5 Å². The van der Waals surface area contributed by atoms with Crippen molar-refractivity contribution in [1.82, 2.24) is 4.98 Å². The maximum absolute atomic E-state index is 11.9. The van der Waals surface area contributed by atoms with E-state index < -0.39 is 0 Å². The van der Waals surface area contributed by atoms with Crippen LogP contribution in [0.1, 0.15) is 32.3 Å². The quantitative estimate of drug-likeness (QED) is 0.816. The lowest BCUT2D eigenvalue weighted by Crippen LogP contribution is -2.15. The van der Waals surface area contributed by atoms with E-state index in [0.717, 1.165) is 18.5 Å². The number of hydrogen-bond acceptors (Lipinski definition) is 3. The van der Waals surface area contributed by atoms with E-state index in [9.17, 15) is 4.79 Å². The average Bonchev–Trinajstić information content (AvgIpc) is 2.55. The second kappa shape index (κ2) is 8.17. The molecule has 1 atom stereocenters. The Balaban J connectivity index is 1.81. The first-order valence-electron chi connectivity index (χ1n) is 7.73. The Hall–Kier alpha value is -2.36. The number of rotatable bonds is 7. The number of aromatic nitrogens is 1. The monoisotopic (exact) mass is 297 g/mol. The van der Waals surface area contributed by atoms with Gasteiger partial charge in [-0.2, -0.15) is 0 Å². The number of nitrogens with one attached hydrogen (secondary N) is 2. The molecule has 1 heterocycles. The first-order valence-corrected chi connectivity index (χ1v) is 7.73. The molecule has 0 saturated carbocycles. The van der Waals surface area contributed by atoms with E-state index in [0.29, 0.717) is 18.3 Å². The van der Waals surface area contributed by atoms with E-state index in [4.69, 9.17) is 0 Å². The van der Waals surface area contributed by atoms with Crippen LogP contribution in [0.25, 0.3) is 0 Å². The number of amides is 1. The maximum Gasteiger partial charge on any atom is 0.225 e. The summed E-state index contributed by atoms with van der Waals surface area (Å²) in [6.07, 6.45) is 4.00. The van der Waals surface area contributed by atoms with E-state index in [-0.39, 0.29) is 5.91 Å². The highest BCUT2D eigenvalue weighted by molar-refractivity contribution is 5.89. The molecule has 0 aliphatic rings. The minimum Gasteiger partial charge on any atom is -0.381 e. The first-order chi connectivity index (χ1) is 10.7. The Labute approximate surface area is 132 Å². The molecule has 0 fully saturated rings. The molecule has 0 radical (unpaired) electrons. The van der Waals surface area contributed by atoms with Crippen LogP contribution in [-0.2, 0) is 11.2 Å². The first kappa shape index (κ1) is 16.0. The second-order valence-electron chi connectivity index (χ2n) is 5.42. The van der Waals surface area contributed by atoms with Gasteiger partial charge in [-0.05, 0) is 37.5 Å². The third-order valence-electron chi connectivity index (χ3n) is 3.54. The summed E-state index contributed by atoms with van der Waals surface area (Å²) in [7, 11) is 0. The summed E-state index contributed by atoms with van der Waals surface area (Å²) in [5.74, 6) is 0.576. The molecule has 2 rings (SSSR count). The van der Waals surface area contributed by atoms with E-state index in [1.165, 1.54) is 5.56 Å². The van der Waals surface area contributed by atoms with Crippen molar-refractivity contribution in [1.29, 1.82) is 0 Å². The van der Waals surface area contributed by atoms with Crippen LogP contribution in [0.4, 0.5) is 11.5 Å². The highest BCUT2D eigenvalue weighted by Crippen LogP contribution is 2.12. The molecule has 0 aliphatic carbocycles. The molecule has 0 aliphatic heterocycles. The molecule has 1 aromatic carbocycles. The van der Waals surface area contributed by atoms with Crippen LogP contribution in [0.3, 0.4) is 0 Å². The standard InChI is InChI=1S/C18H23N3O/c1-3-14(2)20-16-10-11-17(19-13-16)21-18(22)12-9-15-7-5-4-6-8-15/h4-8,10-11,13-14,20H,3,9,12H2,1-2H3,(H,19,21,22). The lowest BCUT2D eigenvalue weighted by molar-refractivity contribution is -0.116. The van der Waals surface area contributed by atoms with Crippen molar-refractivity contribution < 1.29 is 4.79 Å². The van der Waals surface area contributed by atoms with Crippen molar-refractivity contribution in [2.75, 3.05) is 10.6 Å². The molecule has 1 aromatic heterocycles. The van der Waals surface area contributed by atoms with Crippen LogP contribution in [0.15, 0.2) is 48.7 Å². The Kier molecular flexibility index (Phi) is 5.95. The fourth-order valence-corrected chi connectivity index (χ4v) is 2.05. The molecule has 116 valence electrons. The Morgan fingerprint density at radius 2 is 1.95 bits per heavy atom. The van der Waals surface area contributed by atoms with E-state index in [1.54, 1.807) is 6.20 Å². The van der Waals surface area contributed by atoms with Gasteiger partial charge in [0.15, 0.2) is 0 Å². The summed E-state index contributed by atoms with van der Waals surface area (Å²) in [6, 6.07) is 14.2. The third-order valence-corrected chi connectivity index (χ3v) is 3.54. The molecule has 2 N–H and O–H groups in total. The molecule has 1 amide bonds. The number of anilines is 2. The van der Waals surface area contributed by atoms with Crippen LogP contribution >= 0.6 is 0 Å². The number of pyridine rings is 1. The lowest BCUT2D eigenvalue weighted by Gasteiger charge is -2.12. The number of carbonyl (C=O) groups excluding carboxylic acids is 1. The molecule has 0 bridgehead atoms. The highest BCUT2D eigenvalue weighted by Gasteiger charge is 2.05. The van der Waals surface area contributed by atoms with Gasteiger partial charge in [0.2, 0.25) is 5.91 Å². The van der Waals surface area contributed by atoms with E-state index in [1.807, 2.05) is 42.5 Å². The number of benzene rings is 1. The summed E-state index contributed by atoms with van der Waals surface area (Å²) >= 11 is 0. The Bertz CT molecular complexity index is 581. The van der Waals surface area contributed by atoms with Crippen molar-refractivity contribution in [2.45, 2.75) is 39.2 Å². The minimum absolute atomic E-state index is 0.0148. The van der Waals surface area contributed by atoms with Gasteiger partial charge in [0.05, 0.1) is 11.9 Å². The molecule has 2 aromatic rings. The van der Waals surface area contributed by atoms with Crippen LogP contribution in [0, 0.1) is 0 Å². The highest BCUT2D eigenvalue weighted by atomic mass is 16.1. The normalized spacial score (nSPS) is 11.7. The van der Waals surface area contributed by atoms with Crippen LogP contribution < -0.4 is 10.6 Å². The van der Waals surface area contributed by atoms with E-state index >= 15 is 0 Å². The summed E-state index contributed by atoms with van der Waals surface area (Å²) < 4.78 is 0. The van der Waals surface area contributed by atoms with Gasteiger partial charge in [0, 0.05) is 12.5 Å². The Morgan fingerprint density at radius 3 is 2.59 bits per heavy atom. The van der Waals surface area contributed by atoms with Crippen LogP contribution in [-0.4, -0.2) is 16.9 Å². The summed E-state index contributed by atoms with van der Waals surface area (Å²) in [5, 5.41) is 6.17. The molecule has 0 spiro atoms. The third kappa shape index (κ3) is 5.20. The molecular formula is C18H23N3O. The van der Waals surface area contributed by atoms with Gasteiger partial charge in [0.1, 0.15) is 5.82 Å². The van der Waals surface area contributed by atoms with Gasteiger partial charge in [-0.3, -0.25) is 4.79 Å². The van der Waals surface area contributed by atoms with Crippen molar-refractivity contribution in [3.63, 3.8) is 0 Å². The van der Waals surface area contributed by atoms with Gasteiger partial charge in [-0.25, -0.2) is 4.98 Å².